The van der Waals surface area contributed by atoms with Crippen LogP contribution < -0.4 is 14.4 Å². The number of hydrogen-bond acceptors (Lipinski definition) is 7. The zero-order valence-corrected chi connectivity index (χ0v) is 19.2. The molecule has 1 aliphatic heterocycles. The monoisotopic (exact) mass is 472 g/mol. The van der Waals surface area contributed by atoms with E-state index in [2.05, 4.69) is 4.98 Å². The van der Waals surface area contributed by atoms with Crippen molar-refractivity contribution in [1.82, 2.24) is 4.98 Å². The number of methoxy groups -OCH3 is 2. The number of rotatable bonds is 6. The Morgan fingerprint density at radius 2 is 1.65 bits per heavy atom. The minimum atomic E-state index is -1.21. The number of fused-ring (bicyclic) bond motifs is 1. The molecule has 34 heavy (non-hydrogen) atoms. The molecule has 0 aliphatic carbocycles. The quantitative estimate of drug-likeness (QED) is 0.234. The Morgan fingerprint density at radius 3 is 2.38 bits per heavy atom. The standard InChI is InChI=1S/C26H20N2O5S/c1-32-17-10-6-9-16(13-17)22-21(23(29)15-7-4-3-5-8-15)24(30)25(31)28(22)26-27-19-12-11-18(33-2)14-20(19)34-26/h3-14,21-22H,1-2H3. The van der Waals surface area contributed by atoms with E-state index in [0.717, 1.165) is 4.70 Å². The van der Waals surface area contributed by atoms with Crippen molar-refractivity contribution < 1.29 is 23.9 Å². The van der Waals surface area contributed by atoms with Crippen LogP contribution >= 0.6 is 11.3 Å². The van der Waals surface area contributed by atoms with Crippen molar-refractivity contribution in [2.75, 3.05) is 19.1 Å². The first kappa shape index (κ1) is 21.8. The van der Waals surface area contributed by atoms with E-state index < -0.39 is 29.4 Å². The molecule has 170 valence electrons. The Hall–Kier alpha value is -4.04. The predicted molar refractivity (Wildman–Crippen MR) is 129 cm³/mol. The maximum Gasteiger partial charge on any atom is 0.297 e. The summed E-state index contributed by atoms with van der Waals surface area (Å²) in [5.74, 6) is -1.90. The molecule has 1 aromatic heterocycles. The lowest BCUT2D eigenvalue weighted by atomic mass is 9.86. The molecule has 8 heteroatoms. The molecule has 1 aliphatic rings. The summed E-state index contributed by atoms with van der Waals surface area (Å²) in [7, 11) is 3.11. The summed E-state index contributed by atoms with van der Waals surface area (Å²) >= 11 is 1.27. The van der Waals surface area contributed by atoms with Crippen molar-refractivity contribution in [3.8, 4) is 11.5 Å². The fraction of sp³-hybridized carbons (Fsp3) is 0.154. The molecule has 0 radical (unpaired) electrons. The third kappa shape index (κ3) is 3.62. The number of nitrogens with zero attached hydrogens (tertiary/aromatic N) is 2. The molecule has 0 saturated carbocycles. The molecular formula is C26H20N2O5S. The van der Waals surface area contributed by atoms with E-state index >= 15 is 0 Å². The number of aromatic nitrogens is 1. The van der Waals surface area contributed by atoms with Crippen molar-refractivity contribution in [3.05, 3.63) is 83.9 Å². The van der Waals surface area contributed by atoms with Gasteiger partial charge in [0.25, 0.3) is 5.91 Å². The van der Waals surface area contributed by atoms with Gasteiger partial charge in [-0.25, -0.2) is 4.98 Å². The maximum absolute atomic E-state index is 13.5. The van der Waals surface area contributed by atoms with Gasteiger partial charge in [-0.15, -0.1) is 0 Å². The maximum atomic E-state index is 13.5. The second kappa shape index (κ2) is 8.72. The molecule has 2 heterocycles. The second-order valence-electron chi connectivity index (χ2n) is 7.80. The van der Waals surface area contributed by atoms with E-state index in [-0.39, 0.29) is 0 Å². The first-order chi connectivity index (χ1) is 16.5. The van der Waals surface area contributed by atoms with Crippen LogP contribution in [0.2, 0.25) is 0 Å². The average molecular weight is 473 g/mol. The number of amides is 1. The summed E-state index contributed by atoms with van der Waals surface area (Å²) in [6, 6.07) is 20.2. The highest BCUT2D eigenvalue weighted by atomic mass is 32.1. The van der Waals surface area contributed by atoms with Crippen LogP contribution in [0, 0.1) is 5.92 Å². The van der Waals surface area contributed by atoms with Crippen molar-refractivity contribution in [2.45, 2.75) is 6.04 Å². The van der Waals surface area contributed by atoms with E-state index in [1.807, 2.05) is 6.07 Å². The van der Waals surface area contributed by atoms with Gasteiger partial charge in [-0.05, 0) is 35.9 Å². The van der Waals surface area contributed by atoms with E-state index in [1.54, 1.807) is 73.8 Å². The van der Waals surface area contributed by atoms with Gasteiger partial charge in [0, 0.05) is 5.56 Å². The number of carbonyl (C=O) groups is 3. The van der Waals surface area contributed by atoms with Crippen LogP contribution in [-0.4, -0.2) is 36.7 Å². The first-order valence-corrected chi connectivity index (χ1v) is 11.4. The molecule has 1 fully saturated rings. The molecule has 4 aromatic rings. The van der Waals surface area contributed by atoms with Gasteiger partial charge in [0.2, 0.25) is 5.78 Å². The number of Topliss-reactive ketones (excluding diaryl/α,β-unsaturated/α-hetero) is 2. The van der Waals surface area contributed by atoms with E-state index in [1.165, 1.54) is 23.3 Å². The van der Waals surface area contributed by atoms with Crippen LogP contribution in [0.15, 0.2) is 72.8 Å². The highest BCUT2D eigenvalue weighted by Crippen LogP contribution is 2.44. The SMILES string of the molecule is COc1cccc(C2C(C(=O)c3ccccc3)C(=O)C(=O)N2c2nc3ccc(OC)cc3s2)c1. The lowest BCUT2D eigenvalue weighted by molar-refractivity contribution is -0.135. The number of ether oxygens (including phenoxy) is 2. The molecule has 3 aromatic carbocycles. The van der Waals surface area contributed by atoms with Crippen LogP contribution in [0.4, 0.5) is 5.13 Å². The molecule has 0 bridgehead atoms. The first-order valence-electron chi connectivity index (χ1n) is 10.6. The zero-order chi connectivity index (χ0) is 23.8. The van der Waals surface area contributed by atoms with Crippen molar-refractivity contribution in [1.29, 1.82) is 0 Å². The summed E-state index contributed by atoms with van der Waals surface area (Å²) in [4.78, 5) is 46.1. The van der Waals surface area contributed by atoms with Gasteiger partial charge < -0.3 is 9.47 Å². The molecule has 5 rings (SSSR count). The number of ketones is 2. The van der Waals surface area contributed by atoms with Crippen molar-refractivity contribution in [3.63, 3.8) is 0 Å². The van der Waals surface area contributed by atoms with E-state index in [0.29, 0.717) is 33.3 Å². The number of thiazole rings is 1. The van der Waals surface area contributed by atoms with Crippen molar-refractivity contribution in [2.24, 2.45) is 5.92 Å². The third-order valence-electron chi connectivity index (χ3n) is 5.87. The van der Waals surface area contributed by atoms with Gasteiger partial charge in [-0.1, -0.05) is 53.8 Å². The fourth-order valence-electron chi connectivity index (χ4n) is 4.21. The van der Waals surface area contributed by atoms with Gasteiger partial charge >= 0.3 is 0 Å². The summed E-state index contributed by atoms with van der Waals surface area (Å²) in [5, 5.41) is 0.345. The smallest absolute Gasteiger partial charge is 0.297 e. The molecule has 0 spiro atoms. The second-order valence-corrected chi connectivity index (χ2v) is 8.81. The Morgan fingerprint density at radius 1 is 0.912 bits per heavy atom. The average Bonchev–Trinajstić information content (AvgIpc) is 3.41. The highest BCUT2D eigenvalue weighted by molar-refractivity contribution is 7.22. The van der Waals surface area contributed by atoms with Crippen molar-refractivity contribution >= 4 is 44.2 Å². The molecule has 0 N–H and O–H groups in total. The van der Waals surface area contributed by atoms with E-state index in [4.69, 9.17) is 9.47 Å². The van der Waals surface area contributed by atoms with Gasteiger partial charge in [0.05, 0.1) is 30.5 Å². The molecule has 1 amide bonds. The van der Waals surface area contributed by atoms with Gasteiger partial charge in [-0.2, -0.15) is 0 Å². The number of anilines is 1. The van der Waals surface area contributed by atoms with Gasteiger partial charge in [0.1, 0.15) is 17.4 Å². The molecule has 7 nitrogen and oxygen atoms in total. The lowest BCUT2D eigenvalue weighted by Gasteiger charge is -2.25. The normalized spacial score (nSPS) is 17.9. The van der Waals surface area contributed by atoms with Crippen LogP contribution in [0.1, 0.15) is 22.0 Å². The van der Waals surface area contributed by atoms with Crippen LogP contribution in [-0.2, 0) is 9.59 Å². The summed E-state index contributed by atoms with van der Waals surface area (Å²) < 4.78 is 11.5. The fourth-order valence-corrected chi connectivity index (χ4v) is 5.24. The molecule has 2 atom stereocenters. The molecular weight excluding hydrogens is 452 g/mol. The number of hydrogen-bond donors (Lipinski definition) is 0. The lowest BCUT2D eigenvalue weighted by Crippen LogP contribution is -2.30. The number of benzene rings is 3. The summed E-state index contributed by atoms with van der Waals surface area (Å²) in [6.45, 7) is 0. The van der Waals surface area contributed by atoms with Gasteiger partial charge in [0.15, 0.2) is 10.9 Å². The van der Waals surface area contributed by atoms with Crippen LogP contribution in [0.3, 0.4) is 0 Å². The summed E-state index contributed by atoms with van der Waals surface area (Å²) in [5.41, 5.74) is 1.66. The predicted octanol–water partition coefficient (Wildman–Crippen LogP) is 4.47. The van der Waals surface area contributed by atoms with Gasteiger partial charge in [-0.3, -0.25) is 19.3 Å². The summed E-state index contributed by atoms with van der Waals surface area (Å²) in [6.07, 6.45) is 0. The molecule has 2 unspecified atom stereocenters. The van der Waals surface area contributed by atoms with Crippen LogP contribution in [0.5, 0.6) is 11.5 Å². The largest absolute Gasteiger partial charge is 0.497 e. The topological polar surface area (TPSA) is 85.8 Å². The Kier molecular flexibility index (Phi) is 5.59. The van der Waals surface area contributed by atoms with Crippen LogP contribution in [0.25, 0.3) is 10.2 Å². The minimum Gasteiger partial charge on any atom is -0.497 e. The highest BCUT2D eigenvalue weighted by Gasteiger charge is 2.53. The van der Waals surface area contributed by atoms with E-state index in [9.17, 15) is 14.4 Å². The Labute approximate surface area is 199 Å². The Balaban J connectivity index is 1.67. The number of carbonyl (C=O) groups excluding carboxylic acids is 3. The Bertz CT molecular complexity index is 1420. The molecule has 1 saturated heterocycles. The zero-order valence-electron chi connectivity index (χ0n) is 18.4. The third-order valence-corrected chi connectivity index (χ3v) is 6.89. The minimum absolute atomic E-state index is 0.345.